The average molecular weight is 217 g/mol. The van der Waals surface area contributed by atoms with E-state index < -0.39 is 0 Å². The Bertz CT molecular complexity index is 310. The van der Waals surface area contributed by atoms with E-state index in [9.17, 15) is 4.39 Å². The van der Waals surface area contributed by atoms with Crippen LogP contribution in [-0.2, 0) is 0 Å². The normalized spacial score (nSPS) is 11.0. The fourth-order valence-electron chi connectivity index (χ4n) is 0.910. The second-order valence-electron chi connectivity index (χ2n) is 2.59. The third kappa shape index (κ3) is 3.41. The SMILES string of the molecule is Fc1cc(C=CCCS)ccc1Cl. The Morgan fingerprint density at radius 3 is 2.85 bits per heavy atom. The Labute approximate surface area is 87.8 Å². The third-order valence-corrected chi connectivity index (χ3v) is 2.11. The first kappa shape index (κ1) is 10.6. The maximum absolute atomic E-state index is 12.9. The van der Waals surface area contributed by atoms with Crippen molar-refractivity contribution < 1.29 is 4.39 Å². The fourth-order valence-corrected chi connectivity index (χ4v) is 1.18. The third-order valence-electron chi connectivity index (χ3n) is 1.55. The summed E-state index contributed by atoms with van der Waals surface area (Å²) in [7, 11) is 0. The summed E-state index contributed by atoms with van der Waals surface area (Å²) in [6.07, 6.45) is 4.69. The first-order valence-corrected chi connectivity index (χ1v) is 4.97. The maximum Gasteiger partial charge on any atom is 0.142 e. The van der Waals surface area contributed by atoms with Gasteiger partial charge in [0.05, 0.1) is 5.02 Å². The molecule has 0 bridgehead atoms. The van der Waals surface area contributed by atoms with E-state index in [1.165, 1.54) is 6.07 Å². The zero-order valence-corrected chi connectivity index (χ0v) is 8.65. The number of allylic oxidation sites excluding steroid dienone is 1. The van der Waals surface area contributed by atoms with E-state index >= 15 is 0 Å². The Kier molecular flexibility index (Phi) is 4.33. The molecule has 0 radical (unpaired) electrons. The summed E-state index contributed by atoms with van der Waals surface area (Å²) in [5, 5.41) is 0.159. The minimum Gasteiger partial charge on any atom is -0.205 e. The van der Waals surface area contributed by atoms with Crippen LogP contribution in [0.5, 0.6) is 0 Å². The van der Waals surface area contributed by atoms with Gasteiger partial charge in [0, 0.05) is 0 Å². The molecular weight excluding hydrogens is 207 g/mol. The van der Waals surface area contributed by atoms with Crippen LogP contribution in [0.1, 0.15) is 12.0 Å². The zero-order valence-electron chi connectivity index (χ0n) is 7.00. The van der Waals surface area contributed by atoms with E-state index in [0.717, 1.165) is 17.7 Å². The quantitative estimate of drug-likeness (QED) is 0.730. The van der Waals surface area contributed by atoms with Gasteiger partial charge < -0.3 is 0 Å². The molecule has 0 nitrogen and oxygen atoms in total. The van der Waals surface area contributed by atoms with Gasteiger partial charge in [0.1, 0.15) is 5.82 Å². The summed E-state index contributed by atoms with van der Waals surface area (Å²) in [5.41, 5.74) is 0.823. The molecule has 0 spiro atoms. The van der Waals surface area contributed by atoms with Crippen LogP contribution in [0.4, 0.5) is 4.39 Å². The highest BCUT2D eigenvalue weighted by molar-refractivity contribution is 7.80. The van der Waals surface area contributed by atoms with E-state index in [1.54, 1.807) is 12.1 Å². The Hall–Kier alpha value is -0.470. The molecule has 0 fully saturated rings. The lowest BCUT2D eigenvalue weighted by Crippen LogP contribution is -1.78. The molecule has 0 aromatic heterocycles. The van der Waals surface area contributed by atoms with Crippen LogP contribution in [0.15, 0.2) is 24.3 Å². The molecule has 3 heteroatoms. The highest BCUT2D eigenvalue weighted by Crippen LogP contribution is 2.16. The van der Waals surface area contributed by atoms with Crippen molar-refractivity contribution in [3.8, 4) is 0 Å². The van der Waals surface area contributed by atoms with Crippen LogP contribution in [-0.4, -0.2) is 5.75 Å². The Morgan fingerprint density at radius 2 is 2.23 bits per heavy atom. The topological polar surface area (TPSA) is 0 Å². The maximum atomic E-state index is 12.9. The van der Waals surface area contributed by atoms with Crippen molar-refractivity contribution in [2.75, 3.05) is 5.75 Å². The highest BCUT2D eigenvalue weighted by atomic mass is 35.5. The summed E-state index contributed by atoms with van der Waals surface area (Å²) in [5.74, 6) is 0.418. The van der Waals surface area contributed by atoms with Gasteiger partial charge in [0.15, 0.2) is 0 Å². The second-order valence-corrected chi connectivity index (χ2v) is 3.44. The second kappa shape index (κ2) is 5.30. The molecular formula is C10H10ClFS. The standard InChI is InChI=1S/C10H10ClFS/c11-9-5-4-8(7-10(9)12)3-1-2-6-13/h1,3-5,7,13H,2,6H2. The van der Waals surface area contributed by atoms with Crippen molar-refractivity contribution in [1.29, 1.82) is 0 Å². The van der Waals surface area contributed by atoms with Gasteiger partial charge in [-0.25, -0.2) is 4.39 Å². The molecule has 70 valence electrons. The average Bonchev–Trinajstić information content (AvgIpc) is 2.12. The van der Waals surface area contributed by atoms with Crippen LogP contribution in [0.25, 0.3) is 6.08 Å². The molecule has 13 heavy (non-hydrogen) atoms. The van der Waals surface area contributed by atoms with Gasteiger partial charge in [-0.15, -0.1) is 0 Å². The Balaban J connectivity index is 2.73. The van der Waals surface area contributed by atoms with E-state index in [-0.39, 0.29) is 10.8 Å². The summed E-state index contributed by atoms with van der Waals surface area (Å²) < 4.78 is 12.9. The van der Waals surface area contributed by atoms with E-state index in [0.29, 0.717) is 0 Å². The van der Waals surface area contributed by atoms with E-state index in [2.05, 4.69) is 12.6 Å². The van der Waals surface area contributed by atoms with Crippen LogP contribution < -0.4 is 0 Å². The molecule has 0 unspecified atom stereocenters. The van der Waals surface area contributed by atoms with Gasteiger partial charge in [-0.2, -0.15) is 12.6 Å². The van der Waals surface area contributed by atoms with Gasteiger partial charge in [0.25, 0.3) is 0 Å². The Morgan fingerprint density at radius 1 is 1.46 bits per heavy atom. The lowest BCUT2D eigenvalue weighted by molar-refractivity contribution is 0.628. The fraction of sp³-hybridized carbons (Fsp3) is 0.200. The first-order chi connectivity index (χ1) is 6.24. The van der Waals surface area contributed by atoms with Gasteiger partial charge in [0.2, 0.25) is 0 Å². The molecule has 0 aliphatic carbocycles. The predicted octanol–water partition coefficient (Wildman–Crippen LogP) is 3.81. The number of benzene rings is 1. The summed E-state index contributed by atoms with van der Waals surface area (Å²) in [4.78, 5) is 0. The van der Waals surface area contributed by atoms with Crippen LogP contribution >= 0.6 is 24.2 Å². The van der Waals surface area contributed by atoms with Crippen molar-refractivity contribution in [2.45, 2.75) is 6.42 Å². The summed E-state index contributed by atoms with van der Waals surface area (Å²) in [6.45, 7) is 0. The lowest BCUT2D eigenvalue weighted by atomic mass is 10.2. The van der Waals surface area contributed by atoms with Gasteiger partial charge in [-0.1, -0.05) is 29.8 Å². The molecule has 0 aliphatic heterocycles. The highest BCUT2D eigenvalue weighted by Gasteiger charge is 1.97. The van der Waals surface area contributed by atoms with Crippen molar-refractivity contribution in [3.05, 3.63) is 40.7 Å². The molecule has 0 heterocycles. The van der Waals surface area contributed by atoms with Crippen LogP contribution in [0.2, 0.25) is 5.02 Å². The number of halogens is 2. The van der Waals surface area contributed by atoms with Gasteiger partial charge in [-0.3, -0.25) is 0 Å². The van der Waals surface area contributed by atoms with Gasteiger partial charge >= 0.3 is 0 Å². The molecule has 0 N–H and O–H groups in total. The monoisotopic (exact) mass is 216 g/mol. The minimum atomic E-state index is -0.380. The molecule has 1 aromatic carbocycles. The van der Waals surface area contributed by atoms with Crippen molar-refractivity contribution >= 4 is 30.3 Å². The smallest absolute Gasteiger partial charge is 0.142 e. The number of rotatable bonds is 3. The largest absolute Gasteiger partial charge is 0.205 e. The molecule has 0 atom stereocenters. The minimum absolute atomic E-state index is 0.159. The number of hydrogen-bond donors (Lipinski definition) is 1. The summed E-state index contributed by atoms with van der Waals surface area (Å²) in [6, 6.07) is 4.75. The van der Waals surface area contributed by atoms with E-state index in [4.69, 9.17) is 11.6 Å². The number of thiol groups is 1. The van der Waals surface area contributed by atoms with Crippen molar-refractivity contribution in [2.24, 2.45) is 0 Å². The molecule has 0 amide bonds. The molecule has 1 rings (SSSR count). The lowest BCUT2D eigenvalue weighted by Gasteiger charge is -1.95. The van der Waals surface area contributed by atoms with E-state index in [1.807, 2.05) is 12.2 Å². The molecule has 1 aromatic rings. The predicted molar refractivity (Wildman–Crippen MR) is 58.9 cm³/mol. The number of hydrogen-bond acceptors (Lipinski definition) is 1. The zero-order chi connectivity index (χ0) is 9.68. The first-order valence-electron chi connectivity index (χ1n) is 3.96. The van der Waals surface area contributed by atoms with Crippen molar-refractivity contribution in [3.63, 3.8) is 0 Å². The molecule has 0 saturated heterocycles. The molecule has 0 saturated carbocycles. The van der Waals surface area contributed by atoms with Gasteiger partial charge in [-0.05, 0) is 29.9 Å². The summed E-state index contributed by atoms with van der Waals surface area (Å²) >= 11 is 9.59. The molecule has 0 aliphatic rings. The van der Waals surface area contributed by atoms with Crippen LogP contribution in [0.3, 0.4) is 0 Å². The van der Waals surface area contributed by atoms with Crippen molar-refractivity contribution in [1.82, 2.24) is 0 Å². The van der Waals surface area contributed by atoms with Crippen LogP contribution in [0, 0.1) is 5.82 Å².